The van der Waals surface area contributed by atoms with E-state index in [1.807, 2.05) is 0 Å². The summed E-state index contributed by atoms with van der Waals surface area (Å²) >= 11 is 0. The lowest BCUT2D eigenvalue weighted by molar-refractivity contribution is 0.662. The van der Waals surface area contributed by atoms with Crippen molar-refractivity contribution in [1.29, 1.82) is 0 Å². The van der Waals surface area contributed by atoms with Gasteiger partial charge in [0.05, 0.1) is 0 Å². The van der Waals surface area contributed by atoms with Gasteiger partial charge in [-0.3, -0.25) is 0 Å². The smallest absolute Gasteiger partial charge is 0.0172 e. The normalized spacial score (nSPS) is 25.8. The van der Waals surface area contributed by atoms with Gasteiger partial charge in [-0.25, -0.2) is 0 Å². The fourth-order valence-corrected chi connectivity index (χ4v) is 1.66. The van der Waals surface area contributed by atoms with Gasteiger partial charge in [0.15, 0.2) is 0 Å². The van der Waals surface area contributed by atoms with Crippen LogP contribution in [0.4, 0.5) is 0 Å². The third-order valence-corrected chi connectivity index (χ3v) is 2.57. The Hall–Kier alpha value is -1.04. The van der Waals surface area contributed by atoms with Crippen LogP contribution in [0.3, 0.4) is 0 Å². The lowest BCUT2D eigenvalue weighted by atomic mass is 9.92. The molecule has 0 fully saturated rings. The molecule has 2 rings (SSSR count). The summed E-state index contributed by atoms with van der Waals surface area (Å²) in [6.45, 7) is 8.39. The van der Waals surface area contributed by atoms with Gasteiger partial charge in [0, 0.05) is 11.3 Å². The van der Waals surface area contributed by atoms with E-state index in [1.54, 1.807) is 5.57 Å². The highest BCUT2D eigenvalue weighted by molar-refractivity contribution is 5.47. The molecule has 0 aromatic carbocycles. The molecule has 2 aliphatic rings. The van der Waals surface area contributed by atoms with E-state index in [9.17, 15) is 0 Å². The van der Waals surface area contributed by atoms with E-state index in [0.717, 1.165) is 5.57 Å². The van der Waals surface area contributed by atoms with Crippen molar-refractivity contribution in [2.45, 2.75) is 13.8 Å². The third kappa shape index (κ3) is 1.18. The molecule has 0 bridgehead atoms. The van der Waals surface area contributed by atoms with Gasteiger partial charge in [-0.2, -0.15) is 0 Å². The summed E-state index contributed by atoms with van der Waals surface area (Å²) in [5, 5.41) is 0. The molecule has 0 spiro atoms. The third-order valence-electron chi connectivity index (χ3n) is 2.57. The van der Waals surface area contributed by atoms with Crippen molar-refractivity contribution in [3.63, 3.8) is 0 Å². The number of allylic oxidation sites excluding steroid dienone is 7. The van der Waals surface area contributed by atoms with E-state index in [-0.39, 0.29) is 0 Å². The second kappa shape index (κ2) is 2.22. The molecular weight excluding hydrogens is 144 g/mol. The van der Waals surface area contributed by atoms with Crippen LogP contribution in [0.15, 0.2) is 48.1 Å². The Kier molecular flexibility index (Phi) is 1.41. The number of hydrogen-bond acceptors (Lipinski definition) is 0. The molecule has 0 amide bonds. The SMILES string of the molecule is C=C1C=CC(C2=CC2(C)C)C=C1. The van der Waals surface area contributed by atoms with Crippen LogP contribution in [-0.2, 0) is 0 Å². The molecule has 0 N–H and O–H groups in total. The standard InChI is InChI=1S/C12H14/c1-9-4-6-10(7-5-9)11-8-12(11,2)3/h4-8,10H,1H2,2-3H3. The molecule has 0 radical (unpaired) electrons. The molecule has 0 heterocycles. The average molecular weight is 158 g/mol. The lowest BCUT2D eigenvalue weighted by Crippen LogP contribution is -2.00. The van der Waals surface area contributed by atoms with Gasteiger partial charge in [-0.1, -0.05) is 56.4 Å². The fourth-order valence-electron chi connectivity index (χ4n) is 1.66. The first-order chi connectivity index (χ1) is 5.59. The first-order valence-corrected chi connectivity index (χ1v) is 4.38. The van der Waals surface area contributed by atoms with Crippen molar-refractivity contribution in [2.24, 2.45) is 11.3 Å². The van der Waals surface area contributed by atoms with Gasteiger partial charge >= 0.3 is 0 Å². The Morgan fingerprint density at radius 1 is 1.25 bits per heavy atom. The van der Waals surface area contributed by atoms with Crippen molar-refractivity contribution in [2.75, 3.05) is 0 Å². The Morgan fingerprint density at radius 2 is 1.75 bits per heavy atom. The molecule has 0 saturated heterocycles. The highest BCUT2D eigenvalue weighted by Gasteiger charge is 2.37. The van der Waals surface area contributed by atoms with Gasteiger partial charge in [-0.15, -0.1) is 0 Å². The van der Waals surface area contributed by atoms with Gasteiger partial charge in [0.25, 0.3) is 0 Å². The zero-order valence-corrected chi connectivity index (χ0v) is 7.67. The van der Waals surface area contributed by atoms with Gasteiger partial charge in [-0.05, 0) is 5.57 Å². The van der Waals surface area contributed by atoms with Gasteiger partial charge in [0.1, 0.15) is 0 Å². The highest BCUT2D eigenvalue weighted by atomic mass is 14.4. The van der Waals surface area contributed by atoms with E-state index < -0.39 is 0 Å². The Bertz CT molecular complexity index is 295. The van der Waals surface area contributed by atoms with Gasteiger partial charge < -0.3 is 0 Å². The first kappa shape index (κ1) is 7.60. The average Bonchev–Trinajstić information content (AvgIpc) is 2.61. The van der Waals surface area contributed by atoms with Crippen molar-refractivity contribution in [3.05, 3.63) is 48.1 Å². The summed E-state index contributed by atoms with van der Waals surface area (Å²) in [5.41, 5.74) is 3.02. The van der Waals surface area contributed by atoms with E-state index >= 15 is 0 Å². The largest absolute Gasteiger partial charge is 0.0918 e. The van der Waals surface area contributed by atoms with Crippen LogP contribution in [-0.4, -0.2) is 0 Å². The monoisotopic (exact) mass is 158 g/mol. The topological polar surface area (TPSA) is 0 Å². The molecule has 0 unspecified atom stereocenters. The molecule has 0 aromatic heterocycles. The summed E-state index contributed by atoms with van der Waals surface area (Å²) in [7, 11) is 0. The van der Waals surface area contributed by atoms with E-state index in [0.29, 0.717) is 11.3 Å². The second-order valence-corrected chi connectivity index (χ2v) is 4.14. The maximum Gasteiger partial charge on any atom is 0.0172 e. The van der Waals surface area contributed by atoms with Crippen molar-refractivity contribution in [1.82, 2.24) is 0 Å². The first-order valence-electron chi connectivity index (χ1n) is 4.38. The molecular formula is C12H14. The van der Waals surface area contributed by atoms with E-state index in [4.69, 9.17) is 0 Å². The molecule has 2 aliphatic carbocycles. The molecule has 0 aromatic rings. The molecule has 12 heavy (non-hydrogen) atoms. The van der Waals surface area contributed by atoms with Crippen LogP contribution in [0.5, 0.6) is 0 Å². The Balaban J connectivity index is 2.10. The van der Waals surface area contributed by atoms with Crippen molar-refractivity contribution in [3.8, 4) is 0 Å². The zero-order valence-electron chi connectivity index (χ0n) is 7.67. The zero-order chi connectivity index (χ0) is 8.77. The van der Waals surface area contributed by atoms with Crippen molar-refractivity contribution >= 4 is 0 Å². The van der Waals surface area contributed by atoms with Crippen LogP contribution in [0.1, 0.15) is 13.8 Å². The van der Waals surface area contributed by atoms with E-state index in [2.05, 4.69) is 50.8 Å². The van der Waals surface area contributed by atoms with Crippen LogP contribution in [0.2, 0.25) is 0 Å². The van der Waals surface area contributed by atoms with Crippen LogP contribution < -0.4 is 0 Å². The van der Waals surface area contributed by atoms with Crippen molar-refractivity contribution < 1.29 is 0 Å². The minimum atomic E-state index is 0.373. The van der Waals surface area contributed by atoms with Crippen LogP contribution in [0, 0.1) is 11.3 Å². The molecule has 0 nitrogen and oxygen atoms in total. The molecule has 0 saturated carbocycles. The number of hydrogen-bond donors (Lipinski definition) is 0. The summed E-state index contributed by atoms with van der Waals surface area (Å²) in [5.74, 6) is 0.533. The molecule has 0 aliphatic heterocycles. The summed E-state index contributed by atoms with van der Waals surface area (Å²) in [4.78, 5) is 0. The predicted molar refractivity (Wildman–Crippen MR) is 52.8 cm³/mol. The minimum Gasteiger partial charge on any atom is -0.0918 e. The Morgan fingerprint density at radius 3 is 2.17 bits per heavy atom. The Labute approximate surface area is 74.0 Å². The van der Waals surface area contributed by atoms with Crippen LogP contribution in [0.25, 0.3) is 0 Å². The second-order valence-electron chi connectivity index (χ2n) is 4.14. The van der Waals surface area contributed by atoms with Crippen LogP contribution >= 0.6 is 0 Å². The fraction of sp³-hybridized carbons (Fsp3) is 0.333. The molecule has 62 valence electrons. The maximum absolute atomic E-state index is 3.87. The summed E-state index contributed by atoms with van der Waals surface area (Å²) in [6.07, 6.45) is 11.0. The van der Waals surface area contributed by atoms with Gasteiger partial charge in [0.2, 0.25) is 0 Å². The minimum absolute atomic E-state index is 0.373. The highest BCUT2D eigenvalue weighted by Crippen LogP contribution is 2.48. The quantitative estimate of drug-likeness (QED) is 0.514. The molecule has 0 atom stereocenters. The summed E-state index contributed by atoms with van der Waals surface area (Å²) in [6, 6.07) is 0. The lowest BCUT2D eigenvalue weighted by Gasteiger charge is -2.12. The summed E-state index contributed by atoms with van der Waals surface area (Å²) < 4.78 is 0. The maximum atomic E-state index is 3.87. The predicted octanol–water partition coefficient (Wildman–Crippen LogP) is 3.25. The molecule has 0 heteroatoms. The number of rotatable bonds is 1. The van der Waals surface area contributed by atoms with E-state index in [1.165, 1.54) is 0 Å².